The maximum absolute atomic E-state index is 10.2. The van der Waals surface area contributed by atoms with Crippen molar-refractivity contribution in [3.05, 3.63) is 47.5 Å². The Morgan fingerprint density at radius 1 is 1.20 bits per heavy atom. The Hall–Kier alpha value is -1.08. The van der Waals surface area contributed by atoms with Crippen LogP contribution in [0.4, 0.5) is 0 Å². The van der Waals surface area contributed by atoms with Gasteiger partial charge in [0.15, 0.2) is 0 Å². The van der Waals surface area contributed by atoms with Crippen LogP contribution in [0.15, 0.2) is 42.0 Å². The summed E-state index contributed by atoms with van der Waals surface area (Å²) in [7, 11) is 0. The van der Waals surface area contributed by atoms with Gasteiger partial charge in [0, 0.05) is 5.92 Å². The van der Waals surface area contributed by atoms with Crippen LogP contribution in [-0.4, -0.2) is 11.2 Å². The predicted octanol–water partition coefficient (Wildman–Crippen LogP) is 3.26. The van der Waals surface area contributed by atoms with Gasteiger partial charge in [-0.15, -0.1) is 0 Å². The van der Waals surface area contributed by atoms with Crippen LogP contribution < -0.4 is 0 Å². The Balaban J connectivity index is 2.10. The van der Waals surface area contributed by atoms with E-state index < -0.39 is 0 Å². The van der Waals surface area contributed by atoms with Gasteiger partial charge >= 0.3 is 0 Å². The van der Waals surface area contributed by atoms with E-state index in [1.54, 1.807) is 0 Å². The topological polar surface area (TPSA) is 20.2 Å². The van der Waals surface area contributed by atoms with E-state index in [4.69, 9.17) is 0 Å². The van der Waals surface area contributed by atoms with Gasteiger partial charge in [-0.3, -0.25) is 0 Å². The van der Waals surface area contributed by atoms with Gasteiger partial charge < -0.3 is 5.11 Å². The average Bonchev–Trinajstić information content (AvgIpc) is 2.82. The Bertz CT molecular complexity index is 340. The van der Waals surface area contributed by atoms with Gasteiger partial charge in [-0.05, 0) is 30.4 Å². The van der Waals surface area contributed by atoms with Gasteiger partial charge in [0.2, 0.25) is 0 Å². The summed E-state index contributed by atoms with van der Waals surface area (Å²) in [5, 5.41) is 10.2. The molecule has 0 bridgehead atoms. The first kappa shape index (κ1) is 10.4. The summed E-state index contributed by atoms with van der Waals surface area (Å²) >= 11 is 0. The molecule has 1 aromatic rings. The summed E-state index contributed by atoms with van der Waals surface area (Å²) in [6.07, 6.45) is 5.31. The van der Waals surface area contributed by atoms with Crippen LogP contribution in [0, 0.1) is 0 Å². The largest absolute Gasteiger partial charge is 0.388 e. The summed E-state index contributed by atoms with van der Waals surface area (Å²) in [6, 6.07) is 10.2. The first-order valence-corrected chi connectivity index (χ1v) is 5.71. The van der Waals surface area contributed by atoms with Crippen molar-refractivity contribution in [2.24, 2.45) is 0 Å². The molecule has 0 radical (unpaired) electrons. The summed E-state index contributed by atoms with van der Waals surface area (Å²) in [6.45, 7) is 2.10. The fourth-order valence-corrected chi connectivity index (χ4v) is 2.22. The Morgan fingerprint density at radius 2 is 1.93 bits per heavy atom. The lowest BCUT2D eigenvalue weighted by molar-refractivity contribution is 0.182. The van der Waals surface area contributed by atoms with E-state index >= 15 is 0 Å². The van der Waals surface area contributed by atoms with Crippen molar-refractivity contribution in [3.8, 4) is 0 Å². The maximum Gasteiger partial charge on any atom is 0.0815 e. The molecule has 0 aliphatic heterocycles. The predicted molar refractivity (Wildman–Crippen MR) is 62.8 cm³/mol. The minimum Gasteiger partial charge on any atom is -0.388 e. The van der Waals surface area contributed by atoms with Gasteiger partial charge in [-0.2, -0.15) is 0 Å². The van der Waals surface area contributed by atoms with Gasteiger partial charge in [0.25, 0.3) is 0 Å². The smallest absolute Gasteiger partial charge is 0.0815 e. The molecule has 15 heavy (non-hydrogen) atoms. The lowest BCUT2D eigenvalue weighted by Gasteiger charge is -2.20. The zero-order chi connectivity index (χ0) is 10.7. The normalized spacial score (nSPS) is 19.7. The van der Waals surface area contributed by atoms with Crippen molar-refractivity contribution in [3.63, 3.8) is 0 Å². The number of benzene rings is 1. The second kappa shape index (κ2) is 4.63. The minimum atomic E-state index is -0.296. The first-order valence-electron chi connectivity index (χ1n) is 5.71. The summed E-state index contributed by atoms with van der Waals surface area (Å²) in [5.74, 6) is 0.204. The lowest BCUT2D eigenvalue weighted by atomic mass is 9.90. The molecule has 0 saturated carbocycles. The molecule has 1 heteroatoms. The molecule has 1 aromatic carbocycles. The monoisotopic (exact) mass is 202 g/mol. The minimum absolute atomic E-state index is 0.204. The van der Waals surface area contributed by atoms with Crippen molar-refractivity contribution in [1.29, 1.82) is 0 Å². The van der Waals surface area contributed by atoms with Crippen LogP contribution in [0.5, 0.6) is 0 Å². The van der Waals surface area contributed by atoms with Crippen LogP contribution in [0.2, 0.25) is 0 Å². The van der Waals surface area contributed by atoms with Gasteiger partial charge in [-0.1, -0.05) is 43.3 Å². The van der Waals surface area contributed by atoms with E-state index in [0.717, 1.165) is 12.8 Å². The van der Waals surface area contributed by atoms with Crippen LogP contribution in [-0.2, 0) is 0 Å². The van der Waals surface area contributed by atoms with E-state index in [0.29, 0.717) is 0 Å². The molecule has 1 N–H and O–H groups in total. The molecule has 1 aliphatic rings. The lowest BCUT2D eigenvalue weighted by Crippen LogP contribution is -2.17. The highest BCUT2D eigenvalue weighted by molar-refractivity contribution is 5.25. The molecule has 1 aliphatic carbocycles. The van der Waals surface area contributed by atoms with Crippen LogP contribution in [0.3, 0.4) is 0 Å². The third-order valence-electron chi connectivity index (χ3n) is 3.25. The van der Waals surface area contributed by atoms with Crippen LogP contribution >= 0.6 is 0 Å². The number of aliphatic hydroxyl groups is 1. The second-order valence-corrected chi connectivity index (χ2v) is 4.32. The van der Waals surface area contributed by atoms with Gasteiger partial charge in [-0.25, -0.2) is 0 Å². The van der Waals surface area contributed by atoms with Crippen molar-refractivity contribution in [2.45, 2.75) is 38.2 Å². The number of hydrogen-bond donors (Lipinski definition) is 1. The fraction of sp³-hybridized carbons (Fsp3) is 0.429. The number of allylic oxidation sites excluding steroid dienone is 1. The van der Waals surface area contributed by atoms with Crippen LogP contribution in [0.25, 0.3) is 0 Å². The van der Waals surface area contributed by atoms with E-state index in [9.17, 15) is 5.11 Å². The summed E-state index contributed by atoms with van der Waals surface area (Å²) < 4.78 is 0. The highest BCUT2D eigenvalue weighted by Gasteiger charge is 2.21. The Kier molecular flexibility index (Phi) is 3.22. The van der Waals surface area contributed by atoms with Crippen LogP contribution in [0.1, 0.15) is 37.7 Å². The molecule has 0 heterocycles. The zero-order valence-corrected chi connectivity index (χ0v) is 9.19. The van der Waals surface area contributed by atoms with Crippen molar-refractivity contribution >= 4 is 0 Å². The number of rotatable bonds is 3. The summed E-state index contributed by atoms with van der Waals surface area (Å²) in [4.78, 5) is 0. The maximum atomic E-state index is 10.2. The molecule has 2 rings (SSSR count). The number of hydrogen-bond acceptors (Lipinski definition) is 1. The highest BCUT2D eigenvalue weighted by Crippen LogP contribution is 2.29. The average molecular weight is 202 g/mol. The Labute approximate surface area is 91.4 Å². The molecule has 80 valence electrons. The quantitative estimate of drug-likeness (QED) is 0.746. The molecule has 0 fully saturated rings. The highest BCUT2D eigenvalue weighted by atomic mass is 16.3. The van der Waals surface area contributed by atoms with Gasteiger partial charge in [0.05, 0.1) is 6.10 Å². The first-order chi connectivity index (χ1) is 7.29. The van der Waals surface area contributed by atoms with E-state index in [1.807, 2.05) is 18.2 Å². The standard InChI is InChI=1S/C14H18O/c1-11(12-7-3-2-4-8-12)14(15)13-9-5-6-10-13/h2-4,7-9,11,14-15H,5-6,10H2,1H3. The van der Waals surface area contributed by atoms with Crippen molar-refractivity contribution < 1.29 is 5.11 Å². The molecule has 0 spiro atoms. The molecule has 0 aromatic heterocycles. The molecule has 1 nitrogen and oxygen atoms in total. The van der Waals surface area contributed by atoms with Crippen molar-refractivity contribution in [2.75, 3.05) is 0 Å². The second-order valence-electron chi connectivity index (χ2n) is 4.32. The molecule has 2 atom stereocenters. The molecule has 0 saturated heterocycles. The number of aliphatic hydroxyl groups excluding tert-OH is 1. The molecular weight excluding hydrogens is 184 g/mol. The summed E-state index contributed by atoms with van der Waals surface area (Å²) in [5.41, 5.74) is 2.45. The zero-order valence-electron chi connectivity index (χ0n) is 9.19. The molecular formula is C14H18O. The third kappa shape index (κ3) is 2.29. The third-order valence-corrected chi connectivity index (χ3v) is 3.25. The van der Waals surface area contributed by atoms with Gasteiger partial charge in [0.1, 0.15) is 0 Å². The Morgan fingerprint density at radius 3 is 2.53 bits per heavy atom. The van der Waals surface area contributed by atoms with E-state index in [1.165, 1.54) is 17.6 Å². The SMILES string of the molecule is CC(c1ccccc1)C(O)C1=CCCC1. The molecule has 2 unspecified atom stereocenters. The fourth-order valence-electron chi connectivity index (χ4n) is 2.22. The van der Waals surface area contributed by atoms with E-state index in [2.05, 4.69) is 25.1 Å². The van der Waals surface area contributed by atoms with E-state index in [-0.39, 0.29) is 12.0 Å². The molecule has 0 amide bonds. The van der Waals surface area contributed by atoms with Crippen molar-refractivity contribution in [1.82, 2.24) is 0 Å².